The number of hydrogen-bond acceptors (Lipinski definition) is 2. The van der Waals surface area contributed by atoms with Gasteiger partial charge in [-0.3, -0.25) is 4.98 Å². The Bertz CT molecular complexity index is 245. The summed E-state index contributed by atoms with van der Waals surface area (Å²) in [7, 11) is 0. The molecule has 2 heteroatoms. The summed E-state index contributed by atoms with van der Waals surface area (Å²) in [6.45, 7) is 4.35. The van der Waals surface area contributed by atoms with Crippen LogP contribution in [0.1, 0.15) is 25.2 Å². The van der Waals surface area contributed by atoms with Crippen LogP contribution in [0.25, 0.3) is 0 Å². The summed E-state index contributed by atoms with van der Waals surface area (Å²) >= 11 is 0. The van der Waals surface area contributed by atoms with E-state index in [1.807, 2.05) is 18.2 Å². The minimum atomic E-state index is 0.0337. The minimum absolute atomic E-state index is 0.0337. The molecule has 0 radical (unpaired) electrons. The van der Waals surface area contributed by atoms with E-state index in [2.05, 4.69) is 18.8 Å². The average Bonchev–Trinajstić information content (AvgIpc) is 2.03. The summed E-state index contributed by atoms with van der Waals surface area (Å²) in [5.41, 5.74) is 1.82. The van der Waals surface area contributed by atoms with Gasteiger partial charge in [-0.2, -0.15) is 0 Å². The van der Waals surface area contributed by atoms with E-state index in [1.54, 1.807) is 0 Å². The Balaban J connectivity index is 2.72. The molecule has 0 aliphatic heterocycles. The van der Waals surface area contributed by atoms with E-state index in [4.69, 9.17) is 5.11 Å². The first-order valence-electron chi connectivity index (χ1n) is 4.28. The van der Waals surface area contributed by atoms with Crippen molar-refractivity contribution in [3.8, 4) is 0 Å². The van der Waals surface area contributed by atoms with Crippen molar-refractivity contribution in [2.75, 3.05) is 0 Å². The quantitative estimate of drug-likeness (QED) is 0.740. The molecule has 0 atom stereocenters. The van der Waals surface area contributed by atoms with Gasteiger partial charge in [-0.05, 0) is 24.5 Å². The molecule has 0 saturated heterocycles. The molecule has 0 aromatic carbocycles. The van der Waals surface area contributed by atoms with Crippen molar-refractivity contribution in [2.45, 2.75) is 26.9 Å². The maximum atomic E-state index is 8.83. The summed E-state index contributed by atoms with van der Waals surface area (Å²) in [6, 6.07) is 5.78. The highest BCUT2D eigenvalue weighted by atomic mass is 16.3. The van der Waals surface area contributed by atoms with Gasteiger partial charge in [0.15, 0.2) is 0 Å². The van der Waals surface area contributed by atoms with Crippen LogP contribution in [0.4, 0.5) is 0 Å². The zero-order valence-electron chi connectivity index (χ0n) is 7.62. The number of nitrogens with zero attached hydrogens (tertiary/aromatic N) is 1. The van der Waals surface area contributed by atoms with Crippen LogP contribution in [0.15, 0.2) is 18.2 Å². The number of aliphatic hydroxyl groups excluding tert-OH is 1. The first kappa shape index (κ1) is 9.20. The molecular weight excluding hydrogens is 150 g/mol. The Morgan fingerprint density at radius 1 is 1.33 bits per heavy atom. The molecule has 1 aromatic heterocycles. The number of rotatable bonds is 3. The fourth-order valence-corrected chi connectivity index (χ4v) is 1.15. The summed E-state index contributed by atoms with van der Waals surface area (Å²) in [5.74, 6) is 0.617. The second-order valence-corrected chi connectivity index (χ2v) is 3.38. The Morgan fingerprint density at radius 3 is 2.58 bits per heavy atom. The third-order valence-corrected chi connectivity index (χ3v) is 1.64. The molecule has 0 fully saturated rings. The van der Waals surface area contributed by atoms with Crippen LogP contribution in [0.3, 0.4) is 0 Å². The monoisotopic (exact) mass is 165 g/mol. The smallest absolute Gasteiger partial charge is 0.0853 e. The van der Waals surface area contributed by atoms with Crippen molar-refractivity contribution >= 4 is 0 Å². The molecule has 1 N–H and O–H groups in total. The lowest BCUT2D eigenvalue weighted by atomic mass is 10.1. The minimum Gasteiger partial charge on any atom is -0.390 e. The van der Waals surface area contributed by atoms with Crippen LogP contribution in [-0.2, 0) is 13.0 Å². The molecule has 1 aromatic rings. The average molecular weight is 165 g/mol. The van der Waals surface area contributed by atoms with Crippen LogP contribution >= 0.6 is 0 Å². The van der Waals surface area contributed by atoms with Crippen molar-refractivity contribution < 1.29 is 5.11 Å². The molecule has 0 saturated carbocycles. The highest BCUT2D eigenvalue weighted by Gasteiger charge is 1.99. The first-order chi connectivity index (χ1) is 5.72. The van der Waals surface area contributed by atoms with Crippen molar-refractivity contribution in [1.82, 2.24) is 4.98 Å². The van der Waals surface area contributed by atoms with Crippen molar-refractivity contribution in [2.24, 2.45) is 5.92 Å². The highest BCUT2D eigenvalue weighted by Crippen LogP contribution is 2.05. The van der Waals surface area contributed by atoms with E-state index < -0.39 is 0 Å². The van der Waals surface area contributed by atoms with Crippen LogP contribution in [-0.4, -0.2) is 10.1 Å². The Morgan fingerprint density at radius 2 is 2.00 bits per heavy atom. The number of hydrogen-bond donors (Lipinski definition) is 1. The van der Waals surface area contributed by atoms with E-state index in [1.165, 1.54) is 0 Å². The molecule has 0 bridgehead atoms. The van der Waals surface area contributed by atoms with E-state index in [-0.39, 0.29) is 6.61 Å². The molecule has 0 spiro atoms. The lowest BCUT2D eigenvalue weighted by Crippen LogP contribution is -1.99. The van der Waals surface area contributed by atoms with Crippen LogP contribution in [0.5, 0.6) is 0 Å². The molecule has 1 heterocycles. The van der Waals surface area contributed by atoms with E-state index >= 15 is 0 Å². The topological polar surface area (TPSA) is 33.1 Å². The number of aliphatic hydroxyl groups is 1. The largest absolute Gasteiger partial charge is 0.390 e. The zero-order valence-corrected chi connectivity index (χ0v) is 7.62. The van der Waals surface area contributed by atoms with Crippen molar-refractivity contribution in [3.05, 3.63) is 29.6 Å². The van der Waals surface area contributed by atoms with Crippen molar-refractivity contribution in [3.63, 3.8) is 0 Å². The van der Waals surface area contributed by atoms with Crippen LogP contribution < -0.4 is 0 Å². The second-order valence-electron chi connectivity index (χ2n) is 3.38. The summed E-state index contributed by atoms with van der Waals surface area (Å²) in [5, 5.41) is 8.83. The van der Waals surface area contributed by atoms with E-state index in [9.17, 15) is 0 Å². The first-order valence-corrected chi connectivity index (χ1v) is 4.28. The lowest BCUT2D eigenvalue weighted by Gasteiger charge is -2.04. The van der Waals surface area contributed by atoms with E-state index in [0.717, 1.165) is 17.8 Å². The van der Waals surface area contributed by atoms with Gasteiger partial charge in [-0.25, -0.2) is 0 Å². The summed E-state index contributed by atoms with van der Waals surface area (Å²) in [6.07, 6.45) is 0.980. The molecule has 0 aliphatic carbocycles. The zero-order chi connectivity index (χ0) is 8.97. The summed E-state index contributed by atoms with van der Waals surface area (Å²) in [4.78, 5) is 4.28. The Labute approximate surface area is 73.3 Å². The fraction of sp³-hybridized carbons (Fsp3) is 0.500. The molecule has 0 aliphatic rings. The second kappa shape index (κ2) is 4.21. The maximum absolute atomic E-state index is 8.83. The van der Waals surface area contributed by atoms with Crippen molar-refractivity contribution in [1.29, 1.82) is 0 Å². The van der Waals surface area contributed by atoms with Gasteiger partial charge in [0.05, 0.1) is 12.3 Å². The number of aromatic nitrogens is 1. The highest BCUT2D eigenvalue weighted by molar-refractivity contribution is 5.10. The predicted octanol–water partition coefficient (Wildman–Crippen LogP) is 1.77. The standard InChI is InChI=1S/C10H15NO/c1-8(2)6-9-4-3-5-10(7-12)11-9/h3-5,8,12H,6-7H2,1-2H3. The fourth-order valence-electron chi connectivity index (χ4n) is 1.15. The van der Waals surface area contributed by atoms with Gasteiger partial charge in [0.25, 0.3) is 0 Å². The van der Waals surface area contributed by atoms with Gasteiger partial charge in [0, 0.05) is 5.69 Å². The van der Waals surface area contributed by atoms with Gasteiger partial charge in [-0.1, -0.05) is 19.9 Å². The third kappa shape index (κ3) is 2.62. The molecule has 2 nitrogen and oxygen atoms in total. The molecular formula is C10H15NO. The Hall–Kier alpha value is -0.890. The Kier molecular flexibility index (Phi) is 3.23. The van der Waals surface area contributed by atoms with Gasteiger partial charge < -0.3 is 5.11 Å². The van der Waals surface area contributed by atoms with Gasteiger partial charge in [0.1, 0.15) is 0 Å². The van der Waals surface area contributed by atoms with Gasteiger partial charge in [0.2, 0.25) is 0 Å². The molecule has 0 unspecified atom stereocenters. The molecule has 66 valence electrons. The lowest BCUT2D eigenvalue weighted by molar-refractivity contribution is 0.276. The molecule has 1 rings (SSSR count). The van der Waals surface area contributed by atoms with Gasteiger partial charge in [-0.15, -0.1) is 0 Å². The SMILES string of the molecule is CC(C)Cc1cccc(CO)n1. The maximum Gasteiger partial charge on any atom is 0.0853 e. The number of pyridine rings is 1. The van der Waals surface area contributed by atoms with E-state index in [0.29, 0.717) is 5.92 Å². The predicted molar refractivity (Wildman–Crippen MR) is 48.7 cm³/mol. The molecule has 0 amide bonds. The van der Waals surface area contributed by atoms with Crippen LogP contribution in [0.2, 0.25) is 0 Å². The summed E-state index contributed by atoms with van der Waals surface area (Å²) < 4.78 is 0. The third-order valence-electron chi connectivity index (χ3n) is 1.64. The normalized spacial score (nSPS) is 10.7. The van der Waals surface area contributed by atoms with Gasteiger partial charge >= 0.3 is 0 Å². The molecule has 12 heavy (non-hydrogen) atoms. The van der Waals surface area contributed by atoms with Crippen LogP contribution in [0, 0.1) is 5.92 Å².